The van der Waals surface area contributed by atoms with E-state index < -0.39 is 10.2 Å². The normalized spacial score (nSPS) is 31.6. The summed E-state index contributed by atoms with van der Waals surface area (Å²) in [5.74, 6) is 0.374. The third-order valence-corrected chi connectivity index (χ3v) is 4.47. The van der Waals surface area contributed by atoms with Gasteiger partial charge in [-0.3, -0.25) is 0 Å². The van der Waals surface area contributed by atoms with Crippen molar-refractivity contribution in [3.8, 4) is 0 Å². The molecule has 5 nitrogen and oxygen atoms in total. The number of aliphatic hydroxyl groups is 1. The first kappa shape index (κ1) is 12.3. The highest BCUT2D eigenvalue weighted by Crippen LogP contribution is 2.24. The molecule has 0 atom stereocenters. The van der Waals surface area contributed by atoms with Crippen LogP contribution >= 0.6 is 0 Å². The summed E-state index contributed by atoms with van der Waals surface area (Å²) < 4.78 is 28.2. The Morgan fingerprint density at radius 1 is 1.06 bits per heavy atom. The highest BCUT2D eigenvalue weighted by atomic mass is 32.2. The Balaban J connectivity index is 1.69. The fourth-order valence-electron chi connectivity index (χ4n) is 2.04. The molecule has 2 saturated carbocycles. The van der Waals surface area contributed by atoms with Crippen LogP contribution in [0.1, 0.15) is 38.5 Å². The van der Waals surface area contributed by atoms with Crippen LogP contribution in [-0.4, -0.2) is 32.2 Å². The van der Waals surface area contributed by atoms with Crippen molar-refractivity contribution in [2.24, 2.45) is 5.92 Å². The number of aliphatic hydroxyl groups excluding tert-OH is 1. The zero-order valence-corrected chi connectivity index (χ0v) is 10.2. The van der Waals surface area contributed by atoms with E-state index in [4.69, 9.17) is 0 Å². The van der Waals surface area contributed by atoms with E-state index in [0.717, 1.165) is 38.5 Å². The predicted molar refractivity (Wildman–Crippen MR) is 61.0 cm³/mol. The van der Waals surface area contributed by atoms with E-state index in [9.17, 15) is 13.5 Å². The predicted octanol–water partition coefficient (Wildman–Crippen LogP) is 0.124. The molecule has 0 unspecified atom stereocenters. The van der Waals surface area contributed by atoms with Gasteiger partial charge in [-0.2, -0.15) is 13.1 Å². The molecule has 0 aromatic rings. The smallest absolute Gasteiger partial charge is 0.277 e. The minimum Gasteiger partial charge on any atom is -0.393 e. The lowest BCUT2D eigenvalue weighted by atomic mass is 9.88. The summed E-state index contributed by atoms with van der Waals surface area (Å²) in [4.78, 5) is 0. The van der Waals surface area contributed by atoms with Gasteiger partial charge in [0.2, 0.25) is 0 Å². The fraction of sp³-hybridized carbons (Fsp3) is 1.00. The van der Waals surface area contributed by atoms with Crippen molar-refractivity contribution in [1.82, 2.24) is 9.44 Å². The molecule has 16 heavy (non-hydrogen) atoms. The van der Waals surface area contributed by atoms with Gasteiger partial charge in [0.1, 0.15) is 0 Å². The summed E-state index contributed by atoms with van der Waals surface area (Å²) in [6.07, 6.45) is 5.13. The molecule has 2 aliphatic carbocycles. The maximum atomic E-state index is 11.5. The SMILES string of the molecule is O=S(=O)(NCC1CCC(O)CC1)NC1CC1. The molecule has 0 aromatic carbocycles. The van der Waals surface area contributed by atoms with E-state index in [-0.39, 0.29) is 12.1 Å². The first-order valence-corrected chi connectivity index (χ1v) is 7.48. The van der Waals surface area contributed by atoms with E-state index >= 15 is 0 Å². The monoisotopic (exact) mass is 248 g/mol. The van der Waals surface area contributed by atoms with Crippen molar-refractivity contribution < 1.29 is 13.5 Å². The van der Waals surface area contributed by atoms with Gasteiger partial charge in [0.15, 0.2) is 0 Å². The Morgan fingerprint density at radius 3 is 2.25 bits per heavy atom. The second kappa shape index (κ2) is 5.00. The molecule has 0 radical (unpaired) electrons. The molecule has 0 saturated heterocycles. The van der Waals surface area contributed by atoms with Crippen LogP contribution in [0.5, 0.6) is 0 Å². The molecule has 0 bridgehead atoms. The van der Waals surface area contributed by atoms with E-state index in [0.29, 0.717) is 12.5 Å². The van der Waals surface area contributed by atoms with Crippen LogP contribution in [0.2, 0.25) is 0 Å². The average Bonchev–Trinajstić information content (AvgIpc) is 3.00. The Morgan fingerprint density at radius 2 is 1.69 bits per heavy atom. The summed E-state index contributed by atoms with van der Waals surface area (Å²) in [7, 11) is -3.29. The lowest BCUT2D eigenvalue weighted by Crippen LogP contribution is -2.40. The largest absolute Gasteiger partial charge is 0.393 e. The van der Waals surface area contributed by atoms with Crippen molar-refractivity contribution in [2.75, 3.05) is 6.54 Å². The van der Waals surface area contributed by atoms with Crippen LogP contribution in [0.15, 0.2) is 0 Å². The van der Waals surface area contributed by atoms with Crippen LogP contribution in [0, 0.1) is 5.92 Å². The van der Waals surface area contributed by atoms with Crippen molar-refractivity contribution in [3.05, 3.63) is 0 Å². The highest BCUT2D eigenvalue weighted by molar-refractivity contribution is 7.87. The first-order valence-electron chi connectivity index (χ1n) is 6.00. The average molecular weight is 248 g/mol. The van der Waals surface area contributed by atoms with Crippen LogP contribution in [0.25, 0.3) is 0 Å². The van der Waals surface area contributed by atoms with Gasteiger partial charge in [0.05, 0.1) is 6.10 Å². The van der Waals surface area contributed by atoms with Gasteiger partial charge in [-0.05, 0) is 44.4 Å². The van der Waals surface area contributed by atoms with Gasteiger partial charge >= 0.3 is 0 Å². The maximum absolute atomic E-state index is 11.5. The molecule has 2 aliphatic rings. The summed E-state index contributed by atoms with van der Waals surface area (Å²) in [6, 6.07) is 0.158. The molecule has 2 rings (SSSR count). The number of hydrogen-bond donors (Lipinski definition) is 3. The molecule has 0 aliphatic heterocycles. The van der Waals surface area contributed by atoms with Gasteiger partial charge in [-0.25, -0.2) is 4.72 Å². The molecular formula is C10H20N2O3S. The van der Waals surface area contributed by atoms with Crippen molar-refractivity contribution in [1.29, 1.82) is 0 Å². The summed E-state index contributed by atoms with van der Waals surface area (Å²) in [6.45, 7) is 0.495. The van der Waals surface area contributed by atoms with Crippen molar-refractivity contribution in [2.45, 2.75) is 50.7 Å². The summed E-state index contributed by atoms with van der Waals surface area (Å²) in [5.41, 5.74) is 0. The summed E-state index contributed by atoms with van der Waals surface area (Å²) >= 11 is 0. The third-order valence-electron chi connectivity index (χ3n) is 3.28. The topological polar surface area (TPSA) is 78.4 Å². The van der Waals surface area contributed by atoms with Gasteiger partial charge in [0.25, 0.3) is 10.2 Å². The molecular weight excluding hydrogens is 228 g/mol. The van der Waals surface area contributed by atoms with E-state index in [1.165, 1.54) is 0 Å². The minimum atomic E-state index is -3.29. The number of hydrogen-bond acceptors (Lipinski definition) is 3. The molecule has 3 N–H and O–H groups in total. The zero-order chi connectivity index (χ0) is 11.6. The van der Waals surface area contributed by atoms with Crippen LogP contribution in [0.4, 0.5) is 0 Å². The number of nitrogens with one attached hydrogen (secondary N) is 2. The minimum absolute atomic E-state index is 0.158. The van der Waals surface area contributed by atoms with E-state index in [1.807, 2.05) is 0 Å². The lowest BCUT2D eigenvalue weighted by Gasteiger charge is -2.25. The second-order valence-electron chi connectivity index (χ2n) is 4.92. The second-order valence-corrected chi connectivity index (χ2v) is 6.45. The van der Waals surface area contributed by atoms with Gasteiger partial charge in [-0.1, -0.05) is 0 Å². The number of rotatable bonds is 5. The maximum Gasteiger partial charge on any atom is 0.277 e. The Hall–Kier alpha value is -0.170. The molecule has 0 heterocycles. The first-order chi connectivity index (χ1) is 7.55. The van der Waals surface area contributed by atoms with Crippen LogP contribution < -0.4 is 9.44 Å². The van der Waals surface area contributed by atoms with Gasteiger partial charge in [-0.15, -0.1) is 0 Å². The molecule has 0 spiro atoms. The van der Waals surface area contributed by atoms with Gasteiger partial charge < -0.3 is 5.11 Å². The van der Waals surface area contributed by atoms with Crippen LogP contribution in [0.3, 0.4) is 0 Å². The molecule has 0 amide bonds. The third kappa shape index (κ3) is 4.01. The Labute approximate surface area is 96.8 Å². The molecule has 94 valence electrons. The van der Waals surface area contributed by atoms with E-state index in [1.54, 1.807) is 0 Å². The quantitative estimate of drug-likeness (QED) is 0.647. The van der Waals surface area contributed by atoms with E-state index in [2.05, 4.69) is 9.44 Å². The van der Waals surface area contributed by atoms with Crippen molar-refractivity contribution >= 4 is 10.2 Å². The zero-order valence-electron chi connectivity index (χ0n) is 9.35. The highest BCUT2D eigenvalue weighted by Gasteiger charge is 2.27. The standard InChI is InChI=1S/C10H20N2O3S/c13-10-5-1-8(2-6-10)7-11-16(14,15)12-9-3-4-9/h8-13H,1-7H2. The van der Waals surface area contributed by atoms with Crippen LogP contribution in [-0.2, 0) is 10.2 Å². The Bertz CT molecular complexity index is 319. The molecule has 0 aromatic heterocycles. The van der Waals surface area contributed by atoms with Crippen molar-refractivity contribution in [3.63, 3.8) is 0 Å². The summed E-state index contributed by atoms with van der Waals surface area (Å²) in [5, 5.41) is 9.33. The van der Waals surface area contributed by atoms with Gasteiger partial charge in [0, 0.05) is 12.6 Å². The molecule has 2 fully saturated rings. The Kier molecular flexibility index (Phi) is 3.84. The fourth-order valence-corrected chi connectivity index (χ4v) is 3.25. The molecule has 6 heteroatoms. The lowest BCUT2D eigenvalue weighted by molar-refractivity contribution is 0.109.